The van der Waals surface area contributed by atoms with E-state index in [1.54, 1.807) is 4.90 Å². The first-order chi connectivity index (χ1) is 11.4. The zero-order chi connectivity index (χ0) is 17.4. The summed E-state index contributed by atoms with van der Waals surface area (Å²) >= 11 is 0. The van der Waals surface area contributed by atoms with Crippen molar-refractivity contribution >= 4 is 11.8 Å². The van der Waals surface area contributed by atoms with Gasteiger partial charge in [0.1, 0.15) is 11.3 Å². The van der Waals surface area contributed by atoms with Crippen molar-refractivity contribution in [1.82, 2.24) is 10.2 Å². The minimum absolute atomic E-state index is 0.0178. The predicted octanol–water partition coefficient (Wildman–Crippen LogP) is 1.96. The second-order valence-corrected chi connectivity index (χ2v) is 6.44. The number of hydrogen-bond donors (Lipinski definition) is 1. The molecule has 3 rings (SSSR count). The molecule has 1 saturated carbocycles. The summed E-state index contributed by atoms with van der Waals surface area (Å²) in [6, 6.07) is 1.88. The zero-order valence-corrected chi connectivity index (χ0v) is 13.6. The molecule has 1 aromatic carbocycles. The minimum Gasteiger partial charge on any atom is -0.496 e. The molecule has 0 aromatic heterocycles. The highest BCUT2D eigenvalue weighted by Crippen LogP contribution is 2.41. The fraction of sp³-hybridized carbons (Fsp3) is 0.529. The minimum atomic E-state index is -1.23. The molecule has 0 bridgehead atoms. The lowest BCUT2D eigenvalue weighted by Gasteiger charge is -2.20. The Morgan fingerprint density at radius 2 is 1.96 bits per heavy atom. The van der Waals surface area contributed by atoms with Crippen molar-refractivity contribution < 1.29 is 23.1 Å². The molecule has 2 atom stereocenters. The summed E-state index contributed by atoms with van der Waals surface area (Å²) in [5.74, 6) is -2.49. The fourth-order valence-corrected chi connectivity index (χ4v) is 3.40. The average molecular weight is 338 g/mol. The van der Waals surface area contributed by atoms with Gasteiger partial charge in [0.25, 0.3) is 5.91 Å². The van der Waals surface area contributed by atoms with Crippen molar-refractivity contribution in [1.29, 1.82) is 0 Å². The Morgan fingerprint density at radius 1 is 1.25 bits per heavy atom. The van der Waals surface area contributed by atoms with Crippen molar-refractivity contribution in [2.75, 3.05) is 20.2 Å². The van der Waals surface area contributed by atoms with Crippen LogP contribution in [0, 0.1) is 23.5 Å². The Morgan fingerprint density at radius 3 is 2.54 bits per heavy atom. The van der Waals surface area contributed by atoms with Gasteiger partial charge in [0.2, 0.25) is 5.91 Å². The first kappa shape index (κ1) is 16.7. The predicted molar refractivity (Wildman–Crippen MR) is 82.6 cm³/mol. The molecule has 24 heavy (non-hydrogen) atoms. The van der Waals surface area contributed by atoms with Crippen LogP contribution >= 0.6 is 0 Å². The van der Waals surface area contributed by atoms with Gasteiger partial charge >= 0.3 is 0 Å². The number of carbonyl (C=O) groups is 2. The number of nitrogens with one attached hydrogen (secondary N) is 1. The molecule has 1 aliphatic carbocycles. The molecule has 1 heterocycles. The van der Waals surface area contributed by atoms with E-state index in [0.717, 1.165) is 18.9 Å². The first-order valence-corrected chi connectivity index (χ1v) is 8.00. The van der Waals surface area contributed by atoms with E-state index in [0.29, 0.717) is 19.0 Å². The molecule has 1 saturated heterocycles. The fourth-order valence-electron chi connectivity index (χ4n) is 3.40. The summed E-state index contributed by atoms with van der Waals surface area (Å²) in [7, 11) is 1.30. The molecule has 2 fully saturated rings. The van der Waals surface area contributed by atoms with Gasteiger partial charge in [0.05, 0.1) is 13.2 Å². The molecule has 0 radical (unpaired) electrons. The number of likely N-dealkylation sites (tertiary alicyclic amines) is 1. The molecule has 0 spiro atoms. The van der Waals surface area contributed by atoms with Gasteiger partial charge < -0.3 is 15.0 Å². The molecule has 1 aromatic rings. The Kier molecular flexibility index (Phi) is 4.43. The third kappa shape index (κ3) is 3.07. The van der Waals surface area contributed by atoms with Crippen molar-refractivity contribution in [3.63, 3.8) is 0 Å². The second-order valence-electron chi connectivity index (χ2n) is 6.44. The van der Waals surface area contributed by atoms with Crippen LogP contribution in [0.25, 0.3) is 0 Å². The van der Waals surface area contributed by atoms with Crippen LogP contribution in [0.5, 0.6) is 5.75 Å². The average Bonchev–Trinajstić information content (AvgIpc) is 3.30. The van der Waals surface area contributed by atoms with Crippen LogP contribution in [0.1, 0.15) is 30.1 Å². The monoisotopic (exact) mass is 338 g/mol. The second kappa shape index (κ2) is 6.37. The number of amides is 2. The topological polar surface area (TPSA) is 58.6 Å². The Labute approximate surface area is 139 Å². The highest BCUT2D eigenvalue weighted by molar-refractivity contribution is 5.97. The molecule has 0 unspecified atom stereocenters. The Hall–Kier alpha value is -2.18. The molecular formula is C17H20F2N2O3. The summed E-state index contributed by atoms with van der Waals surface area (Å²) in [5.41, 5.74) is -0.437. The lowest BCUT2D eigenvalue weighted by Crippen LogP contribution is -2.42. The molecule has 1 aliphatic heterocycles. The van der Waals surface area contributed by atoms with E-state index in [-0.39, 0.29) is 23.6 Å². The van der Waals surface area contributed by atoms with Crippen LogP contribution in [0.15, 0.2) is 12.1 Å². The first-order valence-electron chi connectivity index (χ1n) is 8.00. The molecule has 2 aliphatic rings. The summed E-state index contributed by atoms with van der Waals surface area (Å²) in [5, 5.41) is 2.77. The number of rotatable bonds is 4. The number of benzene rings is 1. The highest BCUT2D eigenvalue weighted by atomic mass is 19.2. The maximum Gasteiger partial charge on any atom is 0.258 e. The number of nitrogens with zero attached hydrogens (tertiary/aromatic N) is 1. The van der Waals surface area contributed by atoms with E-state index in [1.807, 2.05) is 0 Å². The van der Waals surface area contributed by atoms with E-state index >= 15 is 0 Å². The molecule has 2 amide bonds. The standard InChI is InChI=1S/C17H20F2N2O3/c1-9(22)21-7-11(10-3-4-10)13(8-21)20-17(23)15-14(24-2)6-5-12(18)16(15)19/h5-6,10-11,13H,3-4,7-8H2,1-2H3,(H,20,23)/t11-,13+/m1/s1. The smallest absolute Gasteiger partial charge is 0.258 e. The van der Waals surface area contributed by atoms with Crippen LogP contribution in [0.4, 0.5) is 8.78 Å². The maximum atomic E-state index is 14.1. The van der Waals surface area contributed by atoms with Gasteiger partial charge in [-0.25, -0.2) is 8.78 Å². The van der Waals surface area contributed by atoms with Gasteiger partial charge in [-0.3, -0.25) is 9.59 Å². The third-order valence-corrected chi connectivity index (χ3v) is 4.86. The lowest BCUT2D eigenvalue weighted by molar-refractivity contribution is -0.128. The summed E-state index contributed by atoms with van der Waals surface area (Å²) in [4.78, 5) is 25.8. The summed E-state index contributed by atoms with van der Waals surface area (Å²) in [6.45, 7) is 2.47. The van der Waals surface area contributed by atoms with Gasteiger partial charge in [0.15, 0.2) is 11.6 Å². The van der Waals surface area contributed by atoms with E-state index in [4.69, 9.17) is 4.74 Å². The van der Waals surface area contributed by atoms with Crippen molar-refractivity contribution in [2.24, 2.45) is 11.8 Å². The number of carbonyl (C=O) groups excluding carboxylic acids is 2. The largest absolute Gasteiger partial charge is 0.496 e. The summed E-state index contributed by atoms with van der Waals surface area (Å²) in [6.07, 6.45) is 2.14. The molecule has 1 N–H and O–H groups in total. The normalized spacial score (nSPS) is 23.2. The van der Waals surface area contributed by atoms with Gasteiger partial charge in [-0.15, -0.1) is 0 Å². The quantitative estimate of drug-likeness (QED) is 0.913. The summed E-state index contributed by atoms with van der Waals surface area (Å²) < 4.78 is 32.5. The molecule has 5 nitrogen and oxygen atoms in total. The van der Waals surface area contributed by atoms with Crippen molar-refractivity contribution in [3.8, 4) is 5.75 Å². The highest BCUT2D eigenvalue weighted by Gasteiger charge is 2.44. The van der Waals surface area contributed by atoms with Gasteiger partial charge in [-0.05, 0) is 30.9 Å². The molecule has 7 heteroatoms. The van der Waals surface area contributed by atoms with Gasteiger partial charge in [-0.2, -0.15) is 0 Å². The Balaban J connectivity index is 1.81. The van der Waals surface area contributed by atoms with Gasteiger partial charge in [0, 0.05) is 25.9 Å². The van der Waals surface area contributed by atoms with Crippen molar-refractivity contribution in [3.05, 3.63) is 29.3 Å². The van der Waals surface area contributed by atoms with Gasteiger partial charge in [-0.1, -0.05) is 0 Å². The third-order valence-electron chi connectivity index (χ3n) is 4.86. The van der Waals surface area contributed by atoms with E-state index in [1.165, 1.54) is 20.1 Å². The Bertz CT molecular complexity index is 676. The van der Waals surface area contributed by atoms with Crippen LogP contribution in [-0.2, 0) is 4.79 Å². The van der Waals surface area contributed by atoms with E-state index in [9.17, 15) is 18.4 Å². The van der Waals surface area contributed by atoms with Crippen LogP contribution < -0.4 is 10.1 Å². The number of halogens is 2. The molecule has 130 valence electrons. The number of hydrogen-bond acceptors (Lipinski definition) is 3. The van der Waals surface area contributed by atoms with Crippen LogP contribution in [-0.4, -0.2) is 43.0 Å². The number of methoxy groups -OCH3 is 1. The lowest BCUT2D eigenvalue weighted by atomic mass is 9.97. The zero-order valence-electron chi connectivity index (χ0n) is 13.6. The molecular weight excluding hydrogens is 318 g/mol. The van der Waals surface area contributed by atoms with E-state index < -0.39 is 23.1 Å². The van der Waals surface area contributed by atoms with Crippen LogP contribution in [0.3, 0.4) is 0 Å². The number of ether oxygens (including phenoxy) is 1. The van der Waals surface area contributed by atoms with Crippen LogP contribution in [0.2, 0.25) is 0 Å². The maximum absolute atomic E-state index is 14.1. The van der Waals surface area contributed by atoms with E-state index in [2.05, 4.69) is 5.32 Å². The SMILES string of the molecule is COc1ccc(F)c(F)c1C(=O)N[C@H]1CN(C(C)=O)C[C@@H]1C1CC1. The van der Waals surface area contributed by atoms with Crippen molar-refractivity contribution in [2.45, 2.75) is 25.8 Å².